The molecule has 0 unspecified atom stereocenters. The topological polar surface area (TPSA) is 8.17 Å². The van der Waals surface area contributed by atoms with Crippen LogP contribution in [-0.2, 0) is 6.42 Å². The lowest BCUT2D eigenvalue weighted by molar-refractivity contribution is 1.01. The third-order valence-electron chi connectivity index (χ3n) is 10.4. The Hall–Kier alpha value is -6.64. The van der Waals surface area contributed by atoms with Crippen LogP contribution in [0, 0.1) is 0 Å². The number of hydrogen-bond acceptors (Lipinski definition) is 1. The van der Waals surface area contributed by atoms with Crippen molar-refractivity contribution in [2.24, 2.45) is 0 Å². The van der Waals surface area contributed by atoms with Gasteiger partial charge in [0.1, 0.15) is 0 Å². The molecule has 0 bridgehead atoms. The van der Waals surface area contributed by atoms with Gasteiger partial charge in [-0.1, -0.05) is 140 Å². The van der Waals surface area contributed by atoms with E-state index in [1.165, 1.54) is 71.6 Å². The van der Waals surface area contributed by atoms with Gasteiger partial charge in [-0.05, 0) is 98.4 Å². The number of anilines is 3. The maximum absolute atomic E-state index is 2.46. The number of hydrogen-bond donors (Lipinski definition) is 0. The van der Waals surface area contributed by atoms with Gasteiger partial charge in [0.2, 0.25) is 0 Å². The first kappa shape index (κ1) is 29.3. The largest absolute Gasteiger partial charge is 0.313 e. The second-order valence-corrected chi connectivity index (χ2v) is 13.3. The molecular weight excluding hydrogens is 617 g/mol. The summed E-state index contributed by atoms with van der Waals surface area (Å²) in [5.74, 6) is 0. The Labute approximate surface area is 297 Å². The zero-order valence-corrected chi connectivity index (χ0v) is 28.1. The zero-order valence-electron chi connectivity index (χ0n) is 28.1. The van der Waals surface area contributed by atoms with Crippen molar-refractivity contribution in [2.45, 2.75) is 6.42 Å². The number of fused-ring (bicyclic) bond motifs is 5. The molecule has 1 aliphatic rings. The second-order valence-electron chi connectivity index (χ2n) is 13.3. The summed E-state index contributed by atoms with van der Waals surface area (Å²) in [5, 5.41) is 6.36. The van der Waals surface area contributed by atoms with Crippen molar-refractivity contribution >= 4 is 55.6 Å². The van der Waals surface area contributed by atoms with Crippen LogP contribution in [0.3, 0.4) is 0 Å². The molecule has 0 N–H and O–H groups in total. The Kier molecular flexibility index (Phi) is 6.92. The standard InChI is InChI=1S/C49H34N2/c1-4-15-34(16-5-1)48-41-21-10-12-23-43(41)49(44-24-13-11-22-42(44)48)35-27-29-38(30-28-35)51-46-26-14-25-40(46)45-33-39(31-32-47(45)51)50(36-17-6-2-7-18-36)37-19-8-3-9-20-37/h1-25,27-33H,26H2. The van der Waals surface area contributed by atoms with Gasteiger partial charge in [-0.25, -0.2) is 0 Å². The highest BCUT2D eigenvalue weighted by Gasteiger charge is 2.22. The highest BCUT2D eigenvalue weighted by Crippen LogP contribution is 2.45. The van der Waals surface area contributed by atoms with Crippen molar-refractivity contribution in [1.29, 1.82) is 0 Å². The second kappa shape index (κ2) is 12.0. The SMILES string of the molecule is C1=Cc2c(n(-c3ccc(-c4c5ccccc5c(-c5ccccc5)c5ccccc45)cc3)c3ccc(N(c4ccccc4)c4ccccc4)cc23)C1. The summed E-state index contributed by atoms with van der Waals surface area (Å²) in [5.41, 5.74) is 13.5. The summed E-state index contributed by atoms with van der Waals surface area (Å²) in [4.78, 5) is 2.34. The maximum Gasteiger partial charge on any atom is 0.0539 e. The summed E-state index contributed by atoms with van der Waals surface area (Å²) in [6.07, 6.45) is 5.51. The van der Waals surface area contributed by atoms with Gasteiger partial charge in [-0.15, -0.1) is 0 Å². The first-order valence-corrected chi connectivity index (χ1v) is 17.7. The smallest absolute Gasteiger partial charge is 0.0539 e. The van der Waals surface area contributed by atoms with E-state index in [-0.39, 0.29) is 0 Å². The fraction of sp³-hybridized carbons (Fsp3) is 0.0204. The van der Waals surface area contributed by atoms with Gasteiger partial charge < -0.3 is 9.47 Å². The Morgan fingerprint density at radius 3 is 1.45 bits per heavy atom. The number of rotatable bonds is 6. The predicted octanol–water partition coefficient (Wildman–Crippen LogP) is 13.3. The van der Waals surface area contributed by atoms with Gasteiger partial charge in [-0.2, -0.15) is 0 Å². The van der Waals surface area contributed by atoms with Crippen LogP contribution in [0.25, 0.3) is 66.5 Å². The molecule has 9 aromatic rings. The molecule has 1 aromatic heterocycles. The number of benzene rings is 8. The lowest BCUT2D eigenvalue weighted by atomic mass is 9.86. The molecule has 1 aliphatic carbocycles. The monoisotopic (exact) mass is 650 g/mol. The summed E-state index contributed by atoms with van der Waals surface area (Å²) >= 11 is 0. The minimum Gasteiger partial charge on any atom is -0.313 e. The van der Waals surface area contributed by atoms with Gasteiger partial charge >= 0.3 is 0 Å². The third kappa shape index (κ3) is 4.80. The van der Waals surface area contributed by atoms with Crippen molar-refractivity contribution in [3.63, 3.8) is 0 Å². The van der Waals surface area contributed by atoms with E-state index in [9.17, 15) is 0 Å². The van der Waals surface area contributed by atoms with E-state index >= 15 is 0 Å². The fourth-order valence-electron chi connectivity index (χ4n) is 8.20. The molecule has 8 aromatic carbocycles. The molecule has 1 heterocycles. The molecule has 0 amide bonds. The van der Waals surface area contributed by atoms with Crippen molar-refractivity contribution in [3.8, 4) is 27.9 Å². The molecule has 0 saturated heterocycles. The number of aromatic nitrogens is 1. The van der Waals surface area contributed by atoms with Crippen molar-refractivity contribution in [3.05, 3.63) is 199 Å². The summed E-state index contributed by atoms with van der Waals surface area (Å²) in [7, 11) is 0. The van der Waals surface area contributed by atoms with Crippen LogP contribution < -0.4 is 4.90 Å². The van der Waals surface area contributed by atoms with Crippen LogP contribution in [0.1, 0.15) is 11.3 Å². The van der Waals surface area contributed by atoms with Crippen LogP contribution >= 0.6 is 0 Å². The molecule has 0 radical (unpaired) electrons. The van der Waals surface area contributed by atoms with Crippen molar-refractivity contribution in [2.75, 3.05) is 4.90 Å². The van der Waals surface area contributed by atoms with E-state index in [4.69, 9.17) is 0 Å². The van der Waals surface area contributed by atoms with E-state index in [0.717, 1.165) is 23.5 Å². The molecule has 0 spiro atoms. The van der Waals surface area contributed by atoms with Crippen LogP contribution in [0.4, 0.5) is 17.1 Å². The van der Waals surface area contributed by atoms with Crippen LogP contribution in [-0.4, -0.2) is 4.57 Å². The lowest BCUT2D eigenvalue weighted by Gasteiger charge is -2.25. The molecule has 0 aliphatic heterocycles. The Bertz CT molecular complexity index is 2640. The molecule has 2 heteroatoms. The average Bonchev–Trinajstić information content (AvgIpc) is 3.80. The lowest BCUT2D eigenvalue weighted by Crippen LogP contribution is -2.09. The van der Waals surface area contributed by atoms with Crippen molar-refractivity contribution < 1.29 is 0 Å². The Balaban J connectivity index is 1.11. The normalized spacial score (nSPS) is 12.2. The number of nitrogens with zero attached hydrogens (tertiary/aromatic N) is 2. The quantitative estimate of drug-likeness (QED) is 0.163. The first-order valence-electron chi connectivity index (χ1n) is 17.7. The van der Waals surface area contributed by atoms with E-state index in [2.05, 4.69) is 204 Å². The summed E-state index contributed by atoms with van der Waals surface area (Å²) in [6, 6.07) is 66.0. The average molecular weight is 651 g/mol. The van der Waals surface area contributed by atoms with E-state index in [1.54, 1.807) is 0 Å². The number of allylic oxidation sites excluding steroid dienone is 1. The van der Waals surface area contributed by atoms with Crippen LogP contribution in [0.2, 0.25) is 0 Å². The predicted molar refractivity (Wildman–Crippen MR) is 217 cm³/mol. The van der Waals surface area contributed by atoms with Gasteiger partial charge in [0, 0.05) is 45.8 Å². The van der Waals surface area contributed by atoms with Gasteiger partial charge in [0.05, 0.1) is 5.52 Å². The molecule has 240 valence electrons. The minimum atomic E-state index is 0.915. The van der Waals surface area contributed by atoms with Crippen LogP contribution in [0.5, 0.6) is 0 Å². The first-order chi connectivity index (χ1) is 25.3. The maximum atomic E-state index is 2.46. The third-order valence-corrected chi connectivity index (χ3v) is 10.4. The summed E-state index contributed by atoms with van der Waals surface area (Å²) < 4.78 is 2.46. The summed E-state index contributed by atoms with van der Waals surface area (Å²) in [6.45, 7) is 0. The van der Waals surface area contributed by atoms with Gasteiger partial charge in [-0.3, -0.25) is 0 Å². The van der Waals surface area contributed by atoms with Gasteiger partial charge in [0.15, 0.2) is 0 Å². The Morgan fingerprint density at radius 2 is 0.902 bits per heavy atom. The molecule has 0 fully saturated rings. The van der Waals surface area contributed by atoms with Gasteiger partial charge in [0.25, 0.3) is 0 Å². The molecule has 51 heavy (non-hydrogen) atoms. The molecule has 0 saturated carbocycles. The Morgan fingerprint density at radius 1 is 0.412 bits per heavy atom. The molecule has 2 nitrogen and oxygen atoms in total. The molecule has 10 rings (SSSR count). The highest BCUT2D eigenvalue weighted by molar-refractivity contribution is 6.21. The molecule has 0 atom stereocenters. The number of para-hydroxylation sites is 2. The van der Waals surface area contributed by atoms with Crippen molar-refractivity contribution in [1.82, 2.24) is 4.57 Å². The van der Waals surface area contributed by atoms with E-state index in [1.807, 2.05) is 0 Å². The van der Waals surface area contributed by atoms with Crippen LogP contribution in [0.15, 0.2) is 188 Å². The molecular formula is C49H34N2. The van der Waals surface area contributed by atoms with E-state index in [0.29, 0.717) is 0 Å². The highest BCUT2D eigenvalue weighted by atomic mass is 15.1. The fourth-order valence-corrected chi connectivity index (χ4v) is 8.20. The minimum absolute atomic E-state index is 0.915. The zero-order chi connectivity index (χ0) is 33.7. The van der Waals surface area contributed by atoms with E-state index < -0.39 is 0 Å².